The number of amides is 1. The number of carbonyl (C=O) groups excluding carboxylic acids is 1. The Balaban J connectivity index is 2.00. The molecule has 6 nitrogen and oxygen atoms in total. The normalized spacial score (nSPS) is 11.3. The fourth-order valence-corrected chi connectivity index (χ4v) is 1.73. The van der Waals surface area contributed by atoms with Crippen LogP contribution in [0.15, 0.2) is 28.8 Å². The molecule has 0 radical (unpaired) electrons. The first kappa shape index (κ1) is 16.0. The lowest BCUT2D eigenvalue weighted by molar-refractivity contribution is -0.128. The number of nitrogens with zero attached hydrogens (tertiary/aromatic N) is 2. The van der Waals surface area contributed by atoms with Crippen LogP contribution in [-0.2, 0) is 11.3 Å². The molecule has 0 aliphatic carbocycles. The fourth-order valence-electron chi connectivity index (χ4n) is 1.73. The molecule has 2 aromatic rings. The minimum atomic E-state index is -0.446. The third kappa shape index (κ3) is 4.07. The van der Waals surface area contributed by atoms with Crippen LogP contribution in [0.5, 0.6) is 5.75 Å². The van der Waals surface area contributed by atoms with Gasteiger partial charge in [0.15, 0.2) is 0 Å². The maximum absolute atomic E-state index is 11.8. The zero-order valence-electron chi connectivity index (χ0n) is 13.3. The summed E-state index contributed by atoms with van der Waals surface area (Å²) in [6.45, 7) is 8.33. The quantitative estimate of drug-likeness (QED) is 0.919. The van der Waals surface area contributed by atoms with Gasteiger partial charge in [-0.2, -0.15) is 4.98 Å². The monoisotopic (exact) mass is 303 g/mol. The molecule has 1 heterocycles. The SMILES string of the molecule is CCOc1ccc(-c2noc(CNC(=O)C(C)(C)C)n2)cc1. The molecule has 1 aromatic heterocycles. The van der Waals surface area contributed by atoms with E-state index in [-0.39, 0.29) is 12.5 Å². The van der Waals surface area contributed by atoms with Gasteiger partial charge in [0.25, 0.3) is 0 Å². The summed E-state index contributed by atoms with van der Waals surface area (Å²) in [6, 6.07) is 7.45. The molecule has 1 amide bonds. The van der Waals surface area contributed by atoms with Gasteiger partial charge in [-0.25, -0.2) is 0 Å². The lowest BCUT2D eigenvalue weighted by Crippen LogP contribution is -2.34. The predicted octanol–water partition coefficient (Wildman–Crippen LogP) is 2.80. The highest BCUT2D eigenvalue weighted by molar-refractivity contribution is 5.81. The van der Waals surface area contributed by atoms with Crippen LogP contribution in [0.25, 0.3) is 11.4 Å². The predicted molar refractivity (Wildman–Crippen MR) is 82.2 cm³/mol. The van der Waals surface area contributed by atoms with Crippen LogP contribution < -0.4 is 10.1 Å². The lowest BCUT2D eigenvalue weighted by Gasteiger charge is -2.16. The van der Waals surface area contributed by atoms with E-state index in [9.17, 15) is 4.79 Å². The molecule has 0 fully saturated rings. The zero-order valence-corrected chi connectivity index (χ0v) is 13.3. The molecular weight excluding hydrogens is 282 g/mol. The number of rotatable bonds is 5. The number of ether oxygens (including phenoxy) is 1. The van der Waals surface area contributed by atoms with E-state index in [1.807, 2.05) is 52.0 Å². The number of hydrogen-bond acceptors (Lipinski definition) is 5. The van der Waals surface area contributed by atoms with E-state index in [0.29, 0.717) is 18.3 Å². The van der Waals surface area contributed by atoms with Gasteiger partial charge in [0.2, 0.25) is 17.6 Å². The number of aromatic nitrogens is 2. The third-order valence-electron chi connectivity index (χ3n) is 2.97. The summed E-state index contributed by atoms with van der Waals surface area (Å²) in [7, 11) is 0. The first-order chi connectivity index (χ1) is 10.4. The van der Waals surface area contributed by atoms with Crippen LogP contribution >= 0.6 is 0 Å². The smallest absolute Gasteiger partial charge is 0.246 e. The number of nitrogens with one attached hydrogen (secondary N) is 1. The van der Waals surface area contributed by atoms with Gasteiger partial charge < -0.3 is 14.6 Å². The van der Waals surface area contributed by atoms with Crippen molar-refractivity contribution >= 4 is 5.91 Å². The van der Waals surface area contributed by atoms with Gasteiger partial charge in [0.1, 0.15) is 5.75 Å². The highest BCUT2D eigenvalue weighted by atomic mass is 16.5. The standard InChI is InChI=1S/C16H21N3O3/c1-5-21-12-8-6-11(7-9-12)14-18-13(22-19-14)10-17-15(20)16(2,3)4/h6-9H,5,10H2,1-4H3,(H,17,20). The molecule has 0 unspecified atom stereocenters. The minimum Gasteiger partial charge on any atom is -0.494 e. The Kier molecular flexibility index (Phi) is 4.80. The van der Waals surface area contributed by atoms with Crippen molar-refractivity contribution in [3.63, 3.8) is 0 Å². The van der Waals surface area contributed by atoms with Gasteiger partial charge in [-0.1, -0.05) is 25.9 Å². The zero-order chi connectivity index (χ0) is 16.2. The van der Waals surface area contributed by atoms with Crippen molar-refractivity contribution in [1.82, 2.24) is 15.5 Å². The van der Waals surface area contributed by atoms with E-state index in [0.717, 1.165) is 11.3 Å². The van der Waals surface area contributed by atoms with Gasteiger partial charge in [-0.05, 0) is 31.2 Å². The van der Waals surface area contributed by atoms with Crippen molar-refractivity contribution in [3.05, 3.63) is 30.2 Å². The Morgan fingerprint density at radius 1 is 1.27 bits per heavy atom. The minimum absolute atomic E-state index is 0.0617. The van der Waals surface area contributed by atoms with Gasteiger partial charge >= 0.3 is 0 Å². The summed E-state index contributed by atoms with van der Waals surface area (Å²) in [6.07, 6.45) is 0. The van der Waals surface area contributed by atoms with Gasteiger partial charge in [0.05, 0.1) is 13.2 Å². The molecule has 1 aromatic carbocycles. The second kappa shape index (κ2) is 6.60. The van der Waals surface area contributed by atoms with E-state index in [2.05, 4.69) is 15.5 Å². The van der Waals surface area contributed by atoms with Gasteiger partial charge in [-0.15, -0.1) is 0 Å². The van der Waals surface area contributed by atoms with Crippen LogP contribution in [0, 0.1) is 5.41 Å². The van der Waals surface area contributed by atoms with E-state index in [1.54, 1.807) is 0 Å². The van der Waals surface area contributed by atoms with Crippen LogP contribution in [0.2, 0.25) is 0 Å². The molecular formula is C16H21N3O3. The maximum Gasteiger partial charge on any atom is 0.246 e. The summed E-state index contributed by atoms with van der Waals surface area (Å²) in [4.78, 5) is 16.1. The van der Waals surface area contributed by atoms with Gasteiger partial charge in [0, 0.05) is 11.0 Å². The largest absolute Gasteiger partial charge is 0.494 e. The molecule has 6 heteroatoms. The summed E-state index contributed by atoms with van der Waals surface area (Å²) in [5.41, 5.74) is 0.387. The average molecular weight is 303 g/mol. The molecule has 0 saturated heterocycles. The first-order valence-corrected chi connectivity index (χ1v) is 7.24. The Hall–Kier alpha value is -2.37. The van der Waals surface area contributed by atoms with Crippen molar-refractivity contribution in [1.29, 1.82) is 0 Å². The van der Waals surface area contributed by atoms with Crippen molar-refractivity contribution in [2.45, 2.75) is 34.2 Å². The Bertz CT molecular complexity index is 627. The molecule has 1 N–H and O–H groups in total. The van der Waals surface area contributed by atoms with E-state index >= 15 is 0 Å². The molecule has 118 valence electrons. The van der Waals surface area contributed by atoms with Crippen LogP contribution in [0.3, 0.4) is 0 Å². The summed E-state index contributed by atoms with van der Waals surface area (Å²) < 4.78 is 10.5. The van der Waals surface area contributed by atoms with Crippen LogP contribution in [-0.4, -0.2) is 22.7 Å². The molecule has 2 rings (SSSR count). The van der Waals surface area contributed by atoms with Gasteiger partial charge in [-0.3, -0.25) is 4.79 Å². The molecule has 0 atom stereocenters. The topological polar surface area (TPSA) is 77.3 Å². The number of hydrogen-bond donors (Lipinski definition) is 1. The summed E-state index contributed by atoms with van der Waals surface area (Å²) >= 11 is 0. The lowest BCUT2D eigenvalue weighted by atomic mass is 9.96. The number of benzene rings is 1. The highest BCUT2D eigenvalue weighted by Crippen LogP contribution is 2.20. The average Bonchev–Trinajstić information content (AvgIpc) is 2.94. The third-order valence-corrected chi connectivity index (χ3v) is 2.97. The molecule has 0 aliphatic heterocycles. The number of carbonyl (C=O) groups is 1. The van der Waals surface area contributed by atoms with E-state index < -0.39 is 5.41 Å². The second-order valence-corrected chi connectivity index (χ2v) is 5.90. The van der Waals surface area contributed by atoms with E-state index in [4.69, 9.17) is 9.26 Å². The summed E-state index contributed by atoms with van der Waals surface area (Å²) in [5.74, 6) is 1.60. The highest BCUT2D eigenvalue weighted by Gasteiger charge is 2.21. The van der Waals surface area contributed by atoms with Crippen molar-refractivity contribution in [2.24, 2.45) is 5.41 Å². The maximum atomic E-state index is 11.8. The fraction of sp³-hybridized carbons (Fsp3) is 0.438. The first-order valence-electron chi connectivity index (χ1n) is 7.24. The van der Waals surface area contributed by atoms with Crippen LogP contribution in [0.1, 0.15) is 33.6 Å². The van der Waals surface area contributed by atoms with Crippen molar-refractivity contribution < 1.29 is 14.1 Å². The second-order valence-electron chi connectivity index (χ2n) is 5.90. The Labute approximate surface area is 129 Å². The molecule has 0 aliphatic rings. The molecule has 22 heavy (non-hydrogen) atoms. The molecule has 0 saturated carbocycles. The summed E-state index contributed by atoms with van der Waals surface area (Å²) in [5, 5.41) is 6.70. The Morgan fingerprint density at radius 2 is 1.95 bits per heavy atom. The molecule has 0 spiro atoms. The molecule has 0 bridgehead atoms. The van der Waals surface area contributed by atoms with E-state index in [1.165, 1.54) is 0 Å². The Morgan fingerprint density at radius 3 is 2.55 bits per heavy atom. The van der Waals surface area contributed by atoms with Crippen molar-refractivity contribution in [2.75, 3.05) is 6.61 Å². The van der Waals surface area contributed by atoms with Crippen molar-refractivity contribution in [3.8, 4) is 17.1 Å². The van der Waals surface area contributed by atoms with Crippen LogP contribution in [0.4, 0.5) is 0 Å².